The summed E-state index contributed by atoms with van der Waals surface area (Å²) in [6, 6.07) is 4.64. The van der Waals surface area contributed by atoms with E-state index in [4.69, 9.17) is 11.6 Å². The minimum Gasteiger partial charge on any atom is -0.393 e. The van der Waals surface area contributed by atoms with E-state index in [-0.39, 0.29) is 11.7 Å². The second-order valence-electron chi connectivity index (χ2n) is 4.05. The largest absolute Gasteiger partial charge is 0.393 e. The third-order valence-corrected chi connectivity index (χ3v) is 2.88. The molecule has 0 heterocycles. The molecule has 3 heteroatoms. The fourth-order valence-corrected chi connectivity index (χ4v) is 1.65. The smallest absolute Gasteiger partial charge is 0.127 e. The molecule has 1 unspecified atom stereocenters. The van der Waals surface area contributed by atoms with Crippen LogP contribution in [0.3, 0.4) is 0 Å². The van der Waals surface area contributed by atoms with Crippen molar-refractivity contribution < 1.29 is 9.50 Å². The van der Waals surface area contributed by atoms with Crippen molar-refractivity contribution in [3.05, 3.63) is 34.6 Å². The van der Waals surface area contributed by atoms with Crippen LogP contribution in [-0.2, 0) is 6.42 Å². The van der Waals surface area contributed by atoms with Gasteiger partial charge in [0.25, 0.3) is 0 Å². The molecular weight excluding hydrogens is 215 g/mol. The first-order chi connectivity index (χ1) is 7.02. The third-order valence-electron chi connectivity index (χ3n) is 2.52. The summed E-state index contributed by atoms with van der Waals surface area (Å²) in [5.41, 5.74) is 0.499. The van der Waals surface area contributed by atoms with Gasteiger partial charge in [-0.25, -0.2) is 4.39 Å². The minimum atomic E-state index is -0.402. The van der Waals surface area contributed by atoms with Crippen molar-refractivity contribution in [2.45, 2.75) is 32.8 Å². The van der Waals surface area contributed by atoms with Crippen molar-refractivity contribution in [1.29, 1.82) is 0 Å². The van der Waals surface area contributed by atoms with Crippen LogP contribution in [0.5, 0.6) is 0 Å². The normalized spacial score (nSPS) is 13.2. The molecule has 1 rings (SSSR count). The zero-order valence-electron chi connectivity index (χ0n) is 9.00. The molecule has 1 nitrogen and oxygen atoms in total. The van der Waals surface area contributed by atoms with Gasteiger partial charge < -0.3 is 5.11 Å². The second kappa shape index (κ2) is 5.47. The Balaban J connectivity index is 2.65. The minimum absolute atomic E-state index is 0.190. The number of hydrogen-bond acceptors (Lipinski definition) is 1. The predicted octanol–water partition coefficient (Wildman–Crippen LogP) is 3.43. The van der Waals surface area contributed by atoms with E-state index in [2.05, 4.69) is 0 Å². The van der Waals surface area contributed by atoms with Gasteiger partial charge in [-0.15, -0.1) is 0 Å². The van der Waals surface area contributed by atoms with Gasteiger partial charge >= 0.3 is 0 Å². The van der Waals surface area contributed by atoms with Crippen LogP contribution in [0.1, 0.15) is 25.8 Å². The highest BCUT2D eigenvalue weighted by molar-refractivity contribution is 6.31. The van der Waals surface area contributed by atoms with Gasteiger partial charge in [-0.3, -0.25) is 0 Å². The van der Waals surface area contributed by atoms with Crippen LogP contribution in [0.2, 0.25) is 5.02 Å². The van der Waals surface area contributed by atoms with Crippen molar-refractivity contribution in [2.75, 3.05) is 0 Å². The van der Waals surface area contributed by atoms with Crippen LogP contribution in [0, 0.1) is 11.7 Å². The molecule has 0 radical (unpaired) electrons. The zero-order valence-corrected chi connectivity index (χ0v) is 9.76. The summed E-state index contributed by atoms with van der Waals surface area (Å²) in [5.74, 6) is -0.103. The highest BCUT2D eigenvalue weighted by atomic mass is 35.5. The lowest BCUT2D eigenvalue weighted by Gasteiger charge is -2.14. The van der Waals surface area contributed by atoms with Crippen LogP contribution in [0.15, 0.2) is 18.2 Å². The van der Waals surface area contributed by atoms with Crippen LogP contribution >= 0.6 is 11.6 Å². The molecule has 15 heavy (non-hydrogen) atoms. The van der Waals surface area contributed by atoms with Gasteiger partial charge in [0, 0.05) is 10.6 Å². The maximum Gasteiger partial charge on any atom is 0.127 e. The van der Waals surface area contributed by atoms with Gasteiger partial charge in [-0.2, -0.15) is 0 Å². The molecule has 1 atom stereocenters. The van der Waals surface area contributed by atoms with E-state index in [0.717, 1.165) is 0 Å². The molecule has 84 valence electrons. The van der Waals surface area contributed by atoms with E-state index in [1.165, 1.54) is 6.07 Å². The van der Waals surface area contributed by atoms with E-state index in [1.807, 2.05) is 13.8 Å². The molecule has 1 aromatic rings. The monoisotopic (exact) mass is 230 g/mol. The predicted molar refractivity (Wildman–Crippen MR) is 60.6 cm³/mol. The number of hydrogen-bond donors (Lipinski definition) is 1. The molecule has 0 spiro atoms. The van der Waals surface area contributed by atoms with Gasteiger partial charge in [0.05, 0.1) is 6.10 Å². The fraction of sp³-hybridized carbons (Fsp3) is 0.500. The average molecular weight is 231 g/mol. The van der Waals surface area contributed by atoms with E-state index in [1.54, 1.807) is 12.1 Å². The van der Waals surface area contributed by atoms with Gasteiger partial charge in [0.1, 0.15) is 5.82 Å². The van der Waals surface area contributed by atoms with Crippen molar-refractivity contribution in [1.82, 2.24) is 0 Å². The van der Waals surface area contributed by atoms with Crippen LogP contribution < -0.4 is 0 Å². The first-order valence-electron chi connectivity index (χ1n) is 5.13. The lowest BCUT2D eigenvalue weighted by Crippen LogP contribution is -2.15. The van der Waals surface area contributed by atoms with Crippen LogP contribution in [0.4, 0.5) is 4.39 Å². The Morgan fingerprint density at radius 3 is 2.60 bits per heavy atom. The second-order valence-corrected chi connectivity index (χ2v) is 4.46. The molecule has 1 aromatic carbocycles. The lowest BCUT2D eigenvalue weighted by molar-refractivity contribution is 0.116. The third kappa shape index (κ3) is 3.47. The van der Waals surface area contributed by atoms with E-state index < -0.39 is 6.10 Å². The quantitative estimate of drug-likeness (QED) is 0.840. The molecule has 0 amide bonds. The summed E-state index contributed by atoms with van der Waals surface area (Å²) in [7, 11) is 0. The Kier molecular flexibility index (Phi) is 4.55. The highest BCUT2D eigenvalue weighted by Crippen LogP contribution is 2.21. The lowest BCUT2D eigenvalue weighted by atomic mass is 9.99. The summed E-state index contributed by atoms with van der Waals surface area (Å²) in [6.07, 6.45) is 0.615. The first kappa shape index (κ1) is 12.5. The summed E-state index contributed by atoms with van der Waals surface area (Å²) in [6.45, 7) is 3.88. The molecule has 0 aliphatic heterocycles. The summed E-state index contributed by atoms with van der Waals surface area (Å²) >= 11 is 5.87. The molecule has 1 N–H and O–H groups in total. The van der Waals surface area contributed by atoms with Gasteiger partial charge in [0.15, 0.2) is 0 Å². The molecule has 0 aromatic heterocycles. The number of benzene rings is 1. The Morgan fingerprint density at radius 2 is 2.07 bits per heavy atom. The van der Waals surface area contributed by atoms with E-state index in [0.29, 0.717) is 23.4 Å². The van der Waals surface area contributed by atoms with Gasteiger partial charge in [-0.05, 0) is 30.9 Å². The summed E-state index contributed by atoms with van der Waals surface area (Å²) < 4.78 is 13.3. The maximum atomic E-state index is 13.3. The summed E-state index contributed by atoms with van der Waals surface area (Å²) in [4.78, 5) is 0. The Hall–Kier alpha value is -0.600. The summed E-state index contributed by atoms with van der Waals surface area (Å²) in [5, 5.41) is 10.0. The van der Waals surface area contributed by atoms with E-state index >= 15 is 0 Å². The fourth-order valence-electron chi connectivity index (χ4n) is 1.40. The van der Waals surface area contributed by atoms with E-state index in [9.17, 15) is 9.50 Å². The zero-order chi connectivity index (χ0) is 11.4. The topological polar surface area (TPSA) is 20.2 Å². The molecule has 0 aliphatic rings. The van der Waals surface area contributed by atoms with Gasteiger partial charge in [-0.1, -0.05) is 31.5 Å². The molecule has 0 aliphatic carbocycles. The Labute approximate surface area is 94.9 Å². The number of aliphatic hydroxyl groups is 1. The molecule has 0 fully saturated rings. The van der Waals surface area contributed by atoms with Crippen molar-refractivity contribution in [2.24, 2.45) is 5.92 Å². The number of halogens is 2. The Bertz CT molecular complexity index is 305. The molecule has 0 saturated heterocycles. The molecular formula is C12H16ClFO. The maximum absolute atomic E-state index is 13.3. The standard InChI is InChI=1S/C12H16ClFO/c1-8(2)12(15)7-6-9-10(13)4-3-5-11(9)14/h3-5,8,12,15H,6-7H2,1-2H3. The van der Waals surface area contributed by atoms with Crippen LogP contribution in [0.25, 0.3) is 0 Å². The van der Waals surface area contributed by atoms with Crippen molar-refractivity contribution in [3.63, 3.8) is 0 Å². The molecule has 0 saturated carbocycles. The van der Waals surface area contributed by atoms with Gasteiger partial charge in [0.2, 0.25) is 0 Å². The SMILES string of the molecule is CC(C)C(O)CCc1c(F)cccc1Cl. The average Bonchev–Trinajstić information content (AvgIpc) is 2.16. The molecule has 0 bridgehead atoms. The number of rotatable bonds is 4. The highest BCUT2D eigenvalue weighted by Gasteiger charge is 2.12. The van der Waals surface area contributed by atoms with Crippen molar-refractivity contribution in [3.8, 4) is 0 Å². The van der Waals surface area contributed by atoms with Crippen LogP contribution in [-0.4, -0.2) is 11.2 Å². The first-order valence-corrected chi connectivity index (χ1v) is 5.51. The van der Waals surface area contributed by atoms with Crippen molar-refractivity contribution >= 4 is 11.6 Å². The Morgan fingerprint density at radius 1 is 1.40 bits per heavy atom. The number of aliphatic hydroxyl groups excluding tert-OH is 1.